The number of nitrogens with zero attached hydrogens (tertiary/aromatic N) is 1. The van der Waals surface area contributed by atoms with Crippen molar-refractivity contribution in [1.82, 2.24) is 10.2 Å². The van der Waals surface area contributed by atoms with Gasteiger partial charge >= 0.3 is 6.09 Å². The van der Waals surface area contributed by atoms with Gasteiger partial charge in [0.15, 0.2) is 0 Å². The van der Waals surface area contributed by atoms with Gasteiger partial charge in [0.2, 0.25) is 0 Å². The second-order valence-corrected chi connectivity index (χ2v) is 7.47. The molecule has 0 aromatic heterocycles. The van der Waals surface area contributed by atoms with Crippen LogP contribution in [-0.2, 0) is 4.74 Å². The lowest BCUT2D eigenvalue weighted by molar-refractivity contribution is 0.0289. The second kappa shape index (κ2) is 6.97. The van der Waals surface area contributed by atoms with Gasteiger partial charge in [-0.1, -0.05) is 12.8 Å². The molecule has 1 saturated heterocycles. The minimum absolute atomic E-state index is 0.189. The lowest BCUT2D eigenvalue weighted by Crippen LogP contribution is -2.48. The van der Waals surface area contributed by atoms with Crippen LogP contribution in [0.3, 0.4) is 0 Å². The molecule has 3 N–H and O–H groups in total. The lowest BCUT2D eigenvalue weighted by atomic mass is 9.84. The number of nitrogens with one attached hydrogen (secondary N) is 1. The maximum atomic E-state index is 12.1. The molecule has 0 radical (unpaired) electrons. The van der Waals surface area contributed by atoms with Crippen LogP contribution >= 0.6 is 0 Å². The third-order valence-electron chi connectivity index (χ3n) is 4.50. The summed E-state index contributed by atoms with van der Waals surface area (Å²) in [6.07, 6.45) is 5.85. The molecule has 2 fully saturated rings. The number of amides is 1. The molecule has 2 rings (SSSR count). The van der Waals surface area contributed by atoms with Gasteiger partial charge in [-0.2, -0.15) is 0 Å². The highest BCUT2D eigenvalue weighted by atomic mass is 16.6. The first-order chi connectivity index (χ1) is 9.89. The van der Waals surface area contributed by atoms with Crippen molar-refractivity contribution in [3.8, 4) is 0 Å². The van der Waals surface area contributed by atoms with Crippen LogP contribution in [0.5, 0.6) is 0 Å². The van der Waals surface area contributed by atoms with Crippen LogP contribution in [0.25, 0.3) is 0 Å². The Morgan fingerprint density at radius 3 is 2.67 bits per heavy atom. The molecule has 1 aliphatic carbocycles. The molecule has 1 heterocycles. The summed E-state index contributed by atoms with van der Waals surface area (Å²) in [5.74, 6) is 0.592. The molecule has 0 aromatic rings. The molecule has 3 atom stereocenters. The number of rotatable bonds is 3. The second-order valence-electron chi connectivity index (χ2n) is 7.47. The normalized spacial score (nSPS) is 30.5. The van der Waals surface area contributed by atoms with Crippen molar-refractivity contribution in [3.05, 3.63) is 0 Å². The molecule has 0 spiro atoms. The van der Waals surface area contributed by atoms with Gasteiger partial charge in [0.25, 0.3) is 0 Å². The van der Waals surface area contributed by atoms with Crippen molar-refractivity contribution in [3.63, 3.8) is 0 Å². The van der Waals surface area contributed by atoms with E-state index in [-0.39, 0.29) is 6.09 Å². The lowest BCUT2D eigenvalue weighted by Gasteiger charge is -2.33. The largest absolute Gasteiger partial charge is 0.444 e. The zero-order valence-electron chi connectivity index (χ0n) is 13.7. The summed E-state index contributed by atoms with van der Waals surface area (Å²) in [4.78, 5) is 13.9. The van der Waals surface area contributed by atoms with Gasteiger partial charge in [-0.25, -0.2) is 4.79 Å². The van der Waals surface area contributed by atoms with E-state index in [1.807, 2.05) is 25.7 Å². The van der Waals surface area contributed by atoms with Crippen LogP contribution in [0.2, 0.25) is 0 Å². The maximum Gasteiger partial charge on any atom is 0.410 e. The molecule has 0 aromatic carbocycles. The third-order valence-corrected chi connectivity index (χ3v) is 4.50. The highest BCUT2D eigenvalue weighted by molar-refractivity contribution is 5.68. The summed E-state index contributed by atoms with van der Waals surface area (Å²) in [6, 6.07) is 0.905. The van der Waals surface area contributed by atoms with Crippen LogP contribution < -0.4 is 11.1 Å². The van der Waals surface area contributed by atoms with Gasteiger partial charge < -0.3 is 20.7 Å². The van der Waals surface area contributed by atoms with Crippen LogP contribution in [0.15, 0.2) is 0 Å². The first-order valence-corrected chi connectivity index (χ1v) is 8.33. The molecule has 122 valence electrons. The smallest absolute Gasteiger partial charge is 0.410 e. The summed E-state index contributed by atoms with van der Waals surface area (Å²) in [6.45, 7) is 8.02. The van der Waals surface area contributed by atoms with Gasteiger partial charge in [0.1, 0.15) is 5.60 Å². The first-order valence-electron chi connectivity index (χ1n) is 8.33. The monoisotopic (exact) mass is 297 g/mol. The van der Waals surface area contributed by atoms with Gasteiger partial charge in [-0.05, 0) is 52.5 Å². The summed E-state index contributed by atoms with van der Waals surface area (Å²) in [5, 5.41) is 3.74. The van der Waals surface area contributed by atoms with E-state index >= 15 is 0 Å². The predicted molar refractivity (Wildman–Crippen MR) is 84.1 cm³/mol. The molecule has 5 heteroatoms. The average molecular weight is 297 g/mol. The zero-order valence-corrected chi connectivity index (χ0v) is 13.7. The Labute approximate surface area is 128 Å². The molecule has 3 unspecified atom stereocenters. The number of hydrogen-bond donors (Lipinski definition) is 2. The Morgan fingerprint density at radius 1 is 1.29 bits per heavy atom. The number of nitrogens with two attached hydrogens (primary N) is 1. The van der Waals surface area contributed by atoms with Gasteiger partial charge in [-0.15, -0.1) is 0 Å². The van der Waals surface area contributed by atoms with Gasteiger partial charge in [0.05, 0.1) is 0 Å². The number of carbonyl (C=O) groups is 1. The van der Waals surface area contributed by atoms with E-state index in [1.54, 1.807) is 0 Å². The number of ether oxygens (including phenoxy) is 1. The molecule has 1 aliphatic heterocycles. The van der Waals surface area contributed by atoms with E-state index in [1.165, 1.54) is 25.7 Å². The van der Waals surface area contributed by atoms with Crippen molar-refractivity contribution in [2.45, 2.75) is 70.6 Å². The summed E-state index contributed by atoms with van der Waals surface area (Å²) >= 11 is 0. The Bertz CT molecular complexity index is 354. The minimum Gasteiger partial charge on any atom is -0.444 e. The third kappa shape index (κ3) is 4.85. The Kier molecular flexibility index (Phi) is 5.49. The SMILES string of the molecule is CC(C)(C)OC(=O)N1CCC(NC2CCCCC2CN)C1. The Balaban J connectivity index is 1.80. The van der Waals surface area contributed by atoms with Crippen LogP contribution in [0.1, 0.15) is 52.9 Å². The highest BCUT2D eigenvalue weighted by Crippen LogP contribution is 2.25. The van der Waals surface area contributed by atoms with E-state index in [4.69, 9.17) is 10.5 Å². The molecule has 5 nitrogen and oxygen atoms in total. The summed E-state index contributed by atoms with van der Waals surface area (Å²) in [7, 11) is 0. The standard InChI is InChI=1S/C16H31N3O2/c1-16(2,3)21-15(20)19-9-8-13(11-19)18-14-7-5-4-6-12(14)10-17/h12-14,18H,4-11,17H2,1-3H3. The first kappa shape index (κ1) is 16.6. The van der Waals surface area contributed by atoms with Crippen molar-refractivity contribution < 1.29 is 9.53 Å². The van der Waals surface area contributed by atoms with E-state index in [0.717, 1.165) is 26.1 Å². The molecule has 21 heavy (non-hydrogen) atoms. The Hall–Kier alpha value is -0.810. The van der Waals surface area contributed by atoms with E-state index < -0.39 is 5.60 Å². The Morgan fingerprint density at radius 2 is 2.00 bits per heavy atom. The van der Waals surface area contributed by atoms with Gasteiger partial charge in [-0.3, -0.25) is 0 Å². The van der Waals surface area contributed by atoms with E-state index in [9.17, 15) is 4.79 Å². The van der Waals surface area contributed by atoms with Crippen LogP contribution in [0, 0.1) is 5.92 Å². The van der Waals surface area contributed by atoms with E-state index in [2.05, 4.69) is 5.32 Å². The highest BCUT2D eigenvalue weighted by Gasteiger charge is 2.32. The summed E-state index contributed by atoms with van der Waals surface area (Å²) < 4.78 is 5.44. The van der Waals surface area contributed by atoms with Gasteiger partial charge in [0, 0.05) is 25.2 Å². The quantitative estimate of drug-likeness (QED) is 0.837. The van der Waals surface area contributed by atoms with Crippen LogP contribution in [-0.4, -0.2) is 48.3 Å². The molecule has 1 saturated carbocycles. The zero-order chi connectivity index (χ0) is 15.5. The topological polar surface area (TPSA) is 67.6 Å². The fraction of sp³-hybridized carbons (Fsp3) is 0.938. The van der Waals surface area contributed by atoms with Crippen molar-refractivity contribution in [1.29, 1.82) is 0 Å². The molecular weight excluding hydrogens is 266 g/mol. The van der Waals surface area contributed by atoms with E-state index in [0.29, 0.717) is 18.0 Å². The molecule has 0 bridgehead atoms. The minimum atomic E-state index is -0.420. The average Bonchev–Trinajstić information content (AvgIpc) is 2.86. The summed E-state index contributed by atoms with van der Waals surface area (Å²) in [5.41, 5.74) is 5.47. The number of hydrogen-bond acceptors (Lipinski definition) is 4. The predicted octanol–water partition coefficient (Wildman–Crippen LogP) is 2.10. The number of carbonyl (C=O) groups excluding carboxylic acids is 1. The van der Waals surface area contributed by atoms with Crippen molar-refractivity contribution >= 4 is 6.09 Å². The molecular formula is C16H31N3O2. The van der Waals surface area contributed by atoms with Crippen molar-refractivity contribution in [2.75, 3.05) is 19.6 Å². The maximum absolute atomic E-state index is 12.1. The van der Waals surface area contributed by atoms with Crippen molar-refractivity contribution in [2.24, 2.45) is 11.7 Å². The molecule has 1 amide bonds. The van der Waals surface area contributed by atoms with Crippen LogP contribution in [0.4, 0.5) is 4.79 Å². The number of likely N-dealkylation sites (tertiary alicyclic amines) is 1. The fourth-order valence-electron chi connectivity index (χ4n) is 3.40. The molecule has 2 aliphatic rings. The fourth-order valence-corrected chi connectivity index (χ4v) is 3.40.